The highest BCUT2D eigenvalue weighted by atomic mass is 15.1. The molecule has 2 N–H and O–H groups in total. The molecule has 1 aromatic carbocycles. The number of hydrogen-bond acceptors (Lipinski definition) is 2. The molecule has 3 nitrogen and oxygen atoms in total. The zero-order valence-electron chi connectivity index (χ0n) is 12.6. The van der Waals surface area contributed by atoms with Gasteiger partial charge in [0.1, 0.15) is 5.82 Å². The molecule has 0 amide bonds. The monoisotopic (exact) mass is 259 g/mol. The van der Waals surface area contributed by atoms with E-state index < -0.39 is 0 Å². The summed E-state index contributed by atoms with van der Waals surface area (Å²) in [5.41, 5.74) is 9.67. The van der Waals surface area contributed by atoms with Crippen LogP contribution in [0.3, 0.4) is 0 Å². The van der Waals surface area contributed by atoms with Crippen LogP contribution in [0.1, 0.15) is 58.0 Å². The van der Waals surface area contributed by atoms with Gasteiger partial charge in [-0.3, -0.25) is 0 Å². The zero-order chi connectivity index (χ0) is 14.2. The van der Waals surface area contributed by atoms with E-state index in [-0.39, 0.29) is 6.04 Å². The zero-order valence-corrected chi connectivity index (χ0v) is 12.6. The van der Waals surface area contributed by atoms with Crippen LogP contribution in [0.25, 0.3) is 11.0 Å². The third-order valence-electron chi connectivity index (χ3n) is 3.42. The van der Waals surface area contributed by atoms with Gasteiger partial charge in [-0.1, -0.05) is 33.8 Å². The molecule has 0 aliphatic heterocycles. The van der Waals surface area contributed by atoms with Crippen molar-refractivity contribution in [1.82, 2.24) is 9.55 Å². The standard InChI is InChI=1S/C16H25N3/c1-10(2)9-19-15-7-6-13(11(3)4)8-14(15)18-16(19)12(5)17/h6-8,10-12H,9,17H2,1-5H3. The van der Waals surface area contributed by atoms with Crippen molar-refractivity contribution in [3.63, 3.8) is 0 Å². The number of benzene rings is 1. The molecule has 0 fully saturated rings. The van der Waals surface area contributed by atoms with Gasteiger partial charge in [-0.25, -0.2) is 4.98 Å². The SMILES string of the molecule is CC(C)Cn1c(C(C)N)nc2cc(C(C)C)ccc21. The Kier molecular flexibility index (Phi) is 3.95. The third kappa shape index (κ3) is 2.81. The lowest BCUT2D eigenvalue weighted by Crippen LogP contribution is -2.15. The summed E-state index contributed by atoms with van der Waals surface area (Å²) in [7, 11) is 0. The van der Waals surface area contributed by atoms with Gasteiger partial charge in [0.15, 0.2) is 0 Å². The Morgan fingerprint density at radius 1 is 1.16 bits per heavy atom. The molecule has 2 rings (SSSR count). The van der Waals surface area contributed by atoms with Gasteiger partial charge >= 0.3 is 0 Å². The van der Waals surface area contributed by atoms with Gasteiger partial charge in [-0.05, 0) is 36.5 Å². The van der Waals surface area contributed by atoms with Gasteiger partial charge in [0.05, 0.1) is 17.1 Å². The molecular formula is C16H25N3. The summed E-state index contributed by atoms with van der Waals surface area (Å²) < 4.78 is 2.27. The summed E-state index contributed by atoms with van der Waals surface area (Å²) >= 11 is 0. The summed E-state index contributed by atoms with van der Waals surface area (Å²) in [6.07, 6.45) is 0. The molecule has 2 aromatic rings. The van der Waals surface area contributed by atoms with Crippen LogP contribution in [0.4, 0.5) is 0 Å². The van der Waals surface area contributed by atoms with Crippen molar-refractivity contribution in [2.24, 2.45) is 11.7 Å². The van der Waals surface area contributed by atoms with Crippen LogP contribution in [-0.2, 0) is 6.54 Å². The van der Waals surface area contributed by atoms with E-state index in [1.807, 2.05) is 6.92 Å². The maximum Gasteiger partial charge on any atom is 0.126 e. The lowest BCUT2D eigenvalue weighted by atomic mass is 10.0. The van der Waals surface area contributed by atoms with Crippen molar-refractivity contribution >= 4 is 11.0 Å². The van der Waals surface area contributed by atoms with Crippen LogP contribution >= 0.6 is 0 Å². The maximum absolute atomic E-state index is 6.07. The number of imidazole rings is 1. The molecule has 19 heavy (non-hydrogen) atoms. The molecule has 0 radical (unpaired) electrons. The molecule has 104 valence electrons. The van der Waals surface area contributed by atoms with Crippen LogP contribution in [0.5, 0.6) is 0 Å². The van der Waals surface area contributed by atoms with E-state index in [9.17, 15) is 0 Å². The van der Waals surface area contributed by atoms with Crippen LogP contribution in [0, 0.1) is 5.92 Å². The van der Waals surface area contributed by atoms with E-state index in [1.54, 1.807) is 0 Å². The van der Waals surface area contributed by atoms with Gasteiger partial charge in [-0.15, -0.1) is 0 Å². The first-order valence-corrected chi connectivity index (χ1v) is 7.15. The molecule has 0 spiro atoms. The van der Waals surface area contributed by atoms with Crippen molar-refractivity contribution < 1.29 is 0 Å². The minimum Gasteiger partial charge on any atom is -0.326 e. The average molecular weight is 259 g/mol. The first-order chi connectivity index (χ1) is 8.90. The topological polar surface area (TPSA) is 43.8 Å². The second-order valence-corrected chi connectivity index (χ2v) is 6.17. The molecular weight excluding hydrogens is 234 g/mol. The Bertz CT molecular complexity index is 565. The van der Waals surface area contributed by atoms with Crippen LogP contribution in [0.2, 0.25) is 0 Å². The molecule has 3 heteroatoms. The fraction of sp³-hybridized carbons (Fsp3) is 0.562. The van der Waals surface area contributed by atoms with Crippen molar-refractivity contribution in [2.45, 2.75) is 53.1 Å². The molecule has 1 heterocycles. The minimum atomic E-state index is -0.0337. The van der Waals surface area contributed by atoms with Crippen molar-refractivity contribution in [3.05, 3.63) is 29.6 Å². The third-order valence-corrected chi connectivity index (χ3v) is 3.42. The Hall–Kier alpha value is -1.35. The quantitative estimate of drug-likeness (QED) is 0.906. The van der Waals surface area contributed by atoms with Gasteiger partial charge in [-0.2, -0.15) is 0 Å². The number of nitrogens with zero attached hydrogens (tertiary/aromatic N) is 2. The predicted molar refractivity (Wildman–Crippen MR) is 81.3 cm³/mol. The second kappa shape index (κ2) is 5.33. The normalized spacial score (nSPS) is 13.7. The molecule has 0 aliphatic rings. The Morgan fingerprint density at radius 2 is 1.84 bits per heavy atom. The van der Waals surface area contributed by atoms with E-state index in [4.69, 9.17) is 10.7 Å². The largest absolute Gasteiger partial charge is 0.326 e. The molecule has 0 saturated heterocycles. The first kappa shape index (κ1) is 14.1. The highest BCUT2D eigenvalue weighted by Crippen LogP contribution is 2.25. The molecule has 0 saturated carbocycles. The lowest BCUT2D eigenvalue weighted by molar-refractivity contribution is 0.505. The van der Waals surface area contributed by atoms with E-state index in [0.29, 0.717) is 11.8 Å². The fourth-order valence-electron chi connectivity index (χ4n) is 2.43. The molecule has 1 aromatic heterocycles. The summed E-state index contributed by atoms with van der Waals surface area (Å²) in [4.78, 5) is 4.75. The van der Waals surface area contributed by atoms with Crippen LogP contribution < -0.4 is 5.73 Å². The van der Waals surface area contributed by atoms with Crippen molar-refractivity contribution in [1.29, 1.82) is 0 Å². The predicted octanol–water partition coefficient (Wildman–Crippen LogP) is 3.84. The molecule has 1 unspecified atom stereocenters. The smallest absolute Gasteiger partial charge is 0.126 e. The second-order valence-electron chi connectivity index (χ2n) is 6.17. The number of aromatic nitrogens is 2. The fourth-order valence-corrected chi connectivity index (χ4v) is 2.43. The number of rotatable bonds is 4. The van der Waals surface area contributed by atoms with Crippen LogP contribution in [0.15, 0.2) is 18.2 Å². The molecule has 0 aliphatic carbocycles. The molecule has 0 bridgehead atoms. The maximum atomic E-state index is 6.07. The summed E-state index contributed by atoms with van der Waals surface area (Å²) in [6, 6.07) is 6.55. The number of nitrogens with two attached hydrogens (primary N) is 1. The van der Waals surface area contributed by atoms with E-state index in [0.717, 1.165) is 17.9 Å². The Morgan fingerprint density at radius 3 is 2.37 bits per heavy atom. The first-order valence-electron chi connectivity index (χ1n) is 7.15. The number of hydrogen-bond donors (Lipinski definition) is 1. The van der Waals surface area contributed by atoms with E-state index in [2.05, 4.69) is 50.5 Å². The average Bonchev–Trinajstić information content (AvgIpc) is 2.66. The lowest BCUT2D eigenvalue weighted by Gasteiger charge is -2.13. The van der Waals surface area contributed by atoms with Gasteiger partial charge in [0, 0.05) is 6.54 Å². The van der Waals surface area contributed by atoms with Crippen molar-refractivity contribution in [2.75, 3.05) is 0 Å². The highest BCUT2D eigenvalue weighted by molar-refractivity contribution is 5.77. The Balaban J connectivity index is 2.59. The summed E-state index contributed by atoms with van der Waals surface area (Å²) in [5.74, 6) is 2.10. The Labute approximate surface area is 115 Å². The summed E-state index contributed by atoms with van der Waals surface area (Å²) in [5, 5.41) is 0. The number of fused-ring (bicyclic) bond motifs is 1. The van der Waals surface area contributed by atoms with Gasteiger partial charge < -0.3 is 10.3 Å². The van der Waals surface area contributed by atoms with Gasteiger partial charge in [0.2, 0.25) is 0 Å². The van der Waals surface area contributed by atoms with Gasteiger partial charge in [0.25, 0.3) is 0 Å². The van der Waals surface area contributed by atoms with E-state index >= 15 is 0 Å². The van der Waals surface area contributed by atoms with Crippen LogP contribution in [-0.4, -0.2) is 9.55 Å². The van der Waals surface area contributed by atoms with E-state index in [1.165, 1.54) is 11.1 Å². The van der Waals surface area contributed by atoms with Crippen molar-refractivity contribution in [3.8, 4) is 0 Å². The highest BCUT2D eigenvalue weighted by Gasteiger charge is 2.15. The minimum absolute atomic E-state index is 0.0337. The summed E-state index contributed by atoms with van der Waals surface area (Å²) in [6.45, 7) is 11.8. The molecule has 1 atom stereocenters.